The molecule has 108 valence electrons. The van der Waals surface area contributed by atoms with Crippen molar-refractivity contribution < 1.29 is 13.9 Å². The van der Waals surface area contributed by atoms with Gasteiger partial charge in [-0.25, -0.2) is 4.39 Å². The zero-order valence-electron chi connectivity index (χ0n) is 11.2. The maximum absolute atomic E-state index is 12.8. The Labute approximate surface area is 120 Å². The molecule has 1 aliphatic heterocycles. The number of halogens is 1. The number of fused-ring (bicyclic) bond motifs is 1. The number of hydrogen-bond acceptors (Lipinski definition) is 4. The summed E-state index contributed by atoms with van der Waals surface area (Å²) in [6.45, 7) is 0.493. The second-order valence-corrected chi connectivity index (χ2v) is 4.75. The molecule has 1 amide bonds. The molecule has 0 saturated heterocycles. The maximum atomic E-state index is 12.8. The molecular weight excluding hydrogens is 273 g/mol. The second kappa shape index (κ2) is 5.32. The summed E-state index contributed by atoms with van der Waals surface area (Å²) in [6.07, 6.45) is 0. The number of carbonyl (C=O) groups is 1. The van der Waals surface area contributed by atoms with Gasteiger partial charge in [0.2, 0.25) is 0 Å². The third-order valence-electron chi connectivity index (χ3n) is 3.18. The molecule has 21 heavy (non-hydrogen) atoms. The van der Waals surface area contributed by atoms with Gasteiger partial charge >= 0.3 is 0 Å². The van der Waals surface area contributed by atoms with Crippen molar-refractivity contribution in [3.05, 3.63) is 47.8 Å². The first kappa shape index (κ1) is 13.2. The molecule has 0 aromatic heterocycles. The van der Waals surface area contributed by atoms with Crippen LogP contribution in [0.1, 0.15) is 5.56 Å². The quantitative estimate of drug-likeness (QED) is 0.757. The first-order valence-corrected chi connectivity index (χ1v) is 6.46. The third-order valence-corrected chi connectivity index (χ3v) is 3.18. The number of hydrogen-bond donors (Lipinski definition) is 3. The largest absolute Gasteiger partial charge is 0.482 e. The number of benzene rings is 2. The Hall–Kier alpha value is -2.76. The van der Waals surface area contributed by atoms with Gasteiger partial charge in [0, 0.05) is 12.6 Å². The molecule has 0 atom stereocenters. The molecule has 1 aliphatic rings. The lowest BCUT2D eigenvalue weighted by Crippen LogP contribution is -2.25. The number of nitrogens with two attached hydrogens (primary N) is 1. The van der Waals surface area contributed by atoms with Gasteiger partial charge in [0.05, 0.1) is 17.1 Å². The zero-order chi connectivity index (χ0) is 14.8. The van der Waals surface area contributed by atoms with Gasteiger partial charge in [0.1, 0.15) is 11.6 Å². The van der Waals surface area contributed by atoms with Crippen LogP contribution in [0.2, 0.25) is 0 Å². The van der Waals surface area contributed by atoms with Crippen LogP contribution in [-0.4, -0.2) is 12.5 Å². The lowest BCUT2D eigenvalue weighted by molar-refractivity contribution is -0.118. The molecule has 3 rings (SSSR count). The summed E-state index contributed by atoms with van der Waals surface area (Å²) in [7, 11) is 0. The smallest absolute Gasteiger partial charge is 0.262 e. The fourth-order valence-electron chi connectivity index (χ4n) is 2.09. The summed E-state index contributed by atoms with van der Waals surface area (Å²) in [6, 6.07) is 9.60. The first-order valence-electron chi connectivity index (χ1n) is 6.46. The van der Waals surface area contributed by atoms with Crippen molar-refractivity contribution >= 4 is 23.0 Å². The fourth-order valence-corrected chi connectivity index (χ4v) is 2.09. The first-order chi connectivity index (χ1) is 10.1. The molecular formula is C15H14FN3O2. The number of carbonyl (C=O) groups excluding carboxylic acids is 1. The Morgan fingerprint density at radius 2 is 2.05 bits per heavy atom. The van der Waals surface area contributed by atoms with Crippen LogP contribution in [0.4, 0.5) is 21.5 Å². The van der Waals surface area contributed by atoms with E-state index in [1.54, 1.807) is 24.3 Å². The topological polar surface area (TPSA) is 76.4 Å². The number of ether oxygens (including phenoxy) is 1. The molecule has 4 N–H and O–H groups in total. The summed E-state index contributed by atoms with van der Waals surface area (Å²) in [5.74, 6) is 0.0862. The van der Waals surface area contributed by atoms with Gasteiger partial charge in [-0.15, -0.1) is 0 Å². The number of nitrogens with one attached hydrogen (secondary N) is 2. The number of anilines is 3. The van der Waals surface area contributed by atoms with E-state index in [-0.39, 0.29) is 18.3 Å². The van der Waals surface area contributed by atoms with Crippen molar-refractivity contribution in [2.75, 3.05) is 23.0 Å². The van der Waals surface area contributed by atoms with E-state index in [0.29, 0.717) is 29.4 Å². The molecule has 0 spiro atoms. The molecule has 0 radical (unpaired) electrons. The van der Waals surface area contributed by atoms with Crippen LogP contribution in [0.3, 0.4) is 0 Å². The number of amides is 1. The molecule has 6 heteroatoms. The average Bonchev–Trinajstić information content (AvgIpc) is 2.47. The minimum atomic E-state index is -0.271. The number of rotatable bonds is 3. The zero-order valence-corrected chi connectivity index (χ0v) is 11.2. The summed E-state index contributed by atoms with van der Waals surface area (Å²) >= 11 is 0. The van der Waals surface area contributed by atoms with Crippen molar-refractivity contribution in [2.45, 2.75) is 6.54 Å². The van der Waals surface area contributed by atoms with E-state index in [2.05, 4.69) is 10.6 Å². The van der Waals surface area contributed by atoms with E-state index in [0.717, 1.165) is 5.56 Å². The predicted molar refractivity (Wildman–Crippen MR) is 78.7 cm³/mol. The standard InChI is InChI=1S/C15H14FN3O2/c16-10-3-1-9(2-4-10)7-18-12-6-13-14(5-11(12)17)21-8-15(20)19-13/h1-6,18H,7-8,17H2,(H,19,20). The Kier molecular flexibility index (Phi) is 3.35. The lowest BCUT2D eigenvalue weighted by Gasteiger charge is -2.20. The van der Waals surface area contributed by atoms with Gasteiger partial charge in [-0.2, -0.15) is 0 Å². The molecule has 2 aromatic carbocycles. The summed E-state index contributed by atoms with van der Waals surface area (Å²) in [4.78, 5) is 11.3. The summed E-state index contributed by atoms with van der Waals surface area (Å²) in [5, 5.41) is 5.88. The van der Waals surface area contributed by atoms with Crippen molar-refractivity contribution in [2.24, 2.45) is 0 Å². The molecule has 1 heterocycles. The van der Waals surface area contributed by atoms with Gasteiger partial charge < -0.3 is 21.1 Å². The van der Waals surface area contributed by atoms with Crippen LogP contribution in [0, 0.1) is 5.82 Å². The van der Waals surface area contributed by atoms with Crippen LogP contribution in [-0.2, 0) is 11.3 Å². The van der Waals surface area contributed by atoms with Crippen molar-refractivity contribution in [1.29, 1.82) is 0 Å². The van der Waals surface area contributed by atoms with E-state index in [1.807, 2.05) is 0 Å². The van der Waals surface area contributed by atoms with E-state index >= 15 is 0 Å². The van der Waals surface area contributed by atoms with Crippen molar-refractivity contribution in [3.63, 3.8) is 0 Å². The number of nitrogen functional groups attached to an aromatic ring is 1. The molecule has 2 aromatic rings. The second-order valence-electron chi connectivity index (χ2n) is 4.75. The maximum Gasteiger partial charge on any atom is 0.262 e. The van der Waals surface area contributed by atoms with E-state index < -0.39 is 0 Å². The molecule has 0 unspecified atom stereocenters. The molecule has 0 aliphatic carbocycles. The highest BCUT2D eigenvalue weighted by Crippen LogP contribution is 2.35. The van der Waals surface area contributed by atoms with Crippen LogP contribution < -0.4 is 21.1 Å². The SMILES string of the molecule is Nc1cc2c(cc1NCc1ccc(F)cc1)NC(=O)CO2. The van der Waals surface area contributed by atoms with E-state index in [4.69, 9.17) is 10.5 Å². The van der Waals surface area contributed by atoms with Crippen molar-refractivity contribution in [1.82, 2.24) is 0 Å². The highest BCUT2D eigenvalue weighted by atomic mass is 19.1. The molecule has 0 bridgehead atoms. The minimum absolute atomic E-state index is 0.00516. The predicted octanol–water partition coefficient (Wildman–Crippen LogP) is 2.35. The van der Waals surface area contributed by atoms with Crippen LogP contribution in [0.15, 0.2) is 36.4 Å². The molecule has 0 fully saturated rings. The van der Waals surface area contributed by atoms with Crippen LogP contribution >= 0.6 is 0 Å². The lowest BCUT2D eigenvalue weighted by atomic mass is 10.2. The monoisotopic (exact) mass is 287 g/mol. The van der Waals surface area contributed by atoms with Gasteiger partial charge in [-0.1, -0.05) is 12.1 Å². The minimum Gasteiger partial charge on any atom is -0.482 e. The molecule has 0 saturated carbocycles. The van der Waals surface area contributed by atoms with Gasteiger partial charge in [-0.05, 0) is 23.8 Å². The Bertz CT molecular complexity index is 686. The Morgan fingerprint density at radius 1 is 1.29 bits per heavy atom. The highest BCUT2D eigenvalue weighted by Gasteiger charge is 2.17. The van der Waals surface area contributed by atoms with Crippen molar-refractivity contribution in [3.8, 4) is 5.75 Å². The van der Waals surface area contributed by atoms with Gasteiger partial charge in [-0.3, -0.25) is 4.79 Å². The summed E-state index contributed by atoms with van der Waals surface area (Å²) < 4.78 is 18.1. The van der Waals surface area contributed by atoms with Gasteiger partial charge in [0.15, 0.2) is 6.61 Å². The normalized spacial score (nSPS) is 13.1. The fraction of sp³-hybridized carbons (Fsp3) is 0.133. The van der Waals surface area contributed by atoms with Gasteiger partial charge in [0.25, 0.3) is 5.91 Å². The Morgan fingerprint density at radius 3 is 2.81 bits per heavy atom. The highest BCUT2D eigenvalue weighted by molar-refractivity contribution is 5.97. The Balaban J connectivity index is 1.77. The molecule has 5 nitrogen and oxygen atoms in total. The summed E-state index contributed by atoms with van der Waals surface area (Å²) in [5.41, 5.74) is 8.67. The van der Waals surface area contributed by atoms with E-state index in [1.165, 1.54) is 12.1 Å². The average molecular weight is 287 g/mol. The van der Waals surface area contributed by atoms with Crippen LogP contribution in [0.5, 0.6) is 5.75 Å². The van der Waals surface area contributed by atoms with E-state index in [9.17, 15) is 9.18 Å². The third kappa shape index (κ3) is 2.89. The van der Waals surface area contributed by atoms with Crippen LogP contribution in [0.25, 0.3) is 0 Å².